The number of nitrogens with two attached hydrogens (primary N) is 1. The normalized spacial score (nSPS) is 11.1. The molecule has 3 N–H and O–H groups in total. The fraction of sp³-hybridized carbons (Fsp3) is 0.0833. The molecule has 3 nitrogen and oxygen atoms in total. The highest BCUT2D eigenvalue weighted by Crippen LogP contribution is 2.34. The predicted molar refractivity (Wildman–Crippen MR) is 68.6 cm³/mol. The Morgan fingerprint density at radius 3 is 2.88 bits per heavy atom. The summed E-state index contributed by atoms with van der Waals surface area (Å²) in [7, 11) is 0. The lowest BCUT2D eigenvalue weighted by atomic mass is 10.1. The van der Waals surface area contributed by atoms with Crippen LogP contribution in [0.25, 0.3) is 21.5 Å². The number of para-hydroxylation sites is 1. The van der Waals surface area contributed by atoms with Crippen LogP contribution in [-0.4, -0.2) is 9.97 Å². The van der Waals surface area contributed by atoms with Crippen LogP contribution in [0.1, 0.15) is 5.69 Å². The molecule has 3 rings (SSSR count). The molecule has 2 heterocycles. The van der Waals surface area contributed by atoms with Gasteiger partial charge in [0.1, 0.15) is 10.8 Å². The van der Waals surface area contributed by atoms with Crippen molar-refractivity contribution in [2.45, 2.75) is 6.92 Å². The second-order valence-electron chi connectivity index (χ2n) is 3.75. The number of nitrogen functional groups attached to an aromatic ring is 1. The summed E-state index contributed by atoms with van der Waals surface area (Å²) >= 11 is 1.58. The number of rotatable bonds is 1. The smallest absolute Gasteiger partial charge is 0.135 e. The largest absolute Gasteiger partial charge is 0.383 e. The maximum absolute atomic E-state index is 5.67. The van der Waals surface area contributed by atoms with E-state index in [0.717, 1.165) is 21.8 Å². The van der Waals surface area contributed by atoms with Crippen LogP contribution in [-0.2, 0) is 0 Å². The molecule has 0 radical (unpaired) electrons. The van der Waals surface area contributed by atoms with Crippen LogP contribution in [0.5, 0.6) is 0 Å². The third-order valence-corrected chi connectivity index (χ3v) is 3.51. The van der Waals surface area contributed by atoms with Crippen molar-refractivity contribution in [3.8, 4) is 10.6 Å². The number of aromatic amines is 1. The molecule has 0 unspecified atom stereocenters. The van der Waals surface area contributed by atoms with Gasteiger partial charge in [0.15, 0.2) is 0 Å². The molecule has 16 heavy (non-hydrogen) atoms. The molecule has 4 heteroatoms. The van der Waals surface area contributed by atoms with Crippen molar-refractivity contribution in [1.82, 2.24) is 9.97 Å². The third-order valence-electron chi connectivity index (χ3n) is 2.63. The first-order valence-electron chi connectivity index (χ1n) is 5.04. The number of aromatic nitrogens is 2. The van der Waals surface area contributed by atoms with E-state index in [4.69, 9.17) is 5.73 Å². The number of H-pyrrole nitrogens is 1. The lowest BCUT2D eigenvalue weighted by Gasteiger charge is -1.95. The number of hydrogen-bond acceptors (Lipinski definition) is 3. The van der Waals surface area contributed by atoms with Crippen LogP contribution in [0.2, 0.25) is 0 Å². The average Bonchev–Trinajstić information content (AvgIpc) is 2.80. The number of benzene rings is 1. The van der Waals surface area contributed by atoms with Crippen molar-refractivity contribution >= 4 is 28.1 Å². The molecule has 3 aromatic rings. The van der Waals surface area contributed by atoms with Crippen molar-refractivity contribution < 1.29 is 0 Å². The first-order chi connectivity index (χ1) is 7.75. The van der Waals surface area contributed by atoms with Crippen LogP contribution in [0.15, 0.2) is 29.6 Å². The highest BCUT2D eigenvalue weighted by Gasteiger charge is 2.12. The van der Waals surface area contributed by atoms with Gasteiger partial charge in [-0.15, -0.1) is 11.3 Å². The molecular weight excluding hydrogens is 218 g/mol. The summed E-state index contributed by atoms with van der Waals surface area (Å²) in [6.07, 6.45) is 0. The van der Waals surface area contributed by atoms with E-state index in [-0.39, 0.29) is 0 Å². The number of anilines is 1. The lowest BCUT2D eigenvalue weighted by molar-refractivity contribution is 1.29. The Balaban J connectivity index is 2.34. The van der Waals surface area contributed by atoms with Crippen LogP contribution >= 0.6 is 11.3 Å². The van der Waals surface area contributed by atoms with Gasteiger partial charge in [-0.2, -0.15) is 0 Å². The molecular formula is C12H11N3S. The van der Waals surface area contributed by atoms with Gasteiger partial charge in [0, 0.05) is 27.5 Å². The zero-order valence-electron chi connectivity index (χ0n) is 8.82. The zero-order valence-corrected chi connectivity index (χ0v) is 9.64. The first-order valence-corrected chi connectivity index (χ1v) is 5.92. The summed E-state index contributed by atoms with van der Waals surface area (Å²) in [5.74, 6) is 0.588. The number of thiazole rings is 1. The molecule has 0 atom stereocenters. The van der Waals surface area contributed by atoms with E-state index < -0.39 is 0 Å². The monoisotopic (exact) mass is 229 g/mol. The van der Waals surface area contributed by atoms with E-state index in [1.165, 1.54) is 5.39 Å². The first kappa shape index (κ1) is 9.42. The molecule has 0 aliphatic rings. The molecule has 80 valence electrons. The zero-order chi connectivity index (χ0) is 11.1. The van der Waals surface area contributed by atoms with Crippen molar-refractivity contribution in [1.29, 1.82) is 0 Å². The van der Waals surface area contributed by atoms with Crippen LogP contribution < -0.4 is 5.73 Å². The second-order valence-corrected chi connectivity index (χ2v) is 4.61. The summed E-state index contributed by atoms with van der Waals surface area (Å²) in [6.45, 7) is 2.06. The maximum atomic E-state index is 5.67. The summed E-state index contributed by atoms with van der Waals surface area (Å²) in [6, 6.07) is 8.24. The molecule has 0 amide bonds. The van der Waals surface area contributed by atoms with Gasteiger partial charge < -0.3 is 10.7 Å². The van der Waals surface area contributed by atoms with E-state index in [2.05, 4.69) is 29.0 Å². The molecule has 0 saturated heterocycles. The SMILES string of the molecule is Cc1[nH]c2ccccc2c1-c1nc(N)cs1. The van der Waals surface area contributed by atoms with Gasteiger partial charge in [-0.3, -0.25) is 0 Å². The third kappa shape index (κ3) is 1.31. The molecule has 1 aromatic carbocycles. The standard InChI is InChI=1S/C12H11N3S/c1-7-11(12-15-10(13)6-16-12)8-4-2-3-5-9(8)14-7/h2-6,14H,13H2,1H3. The average molecular weight is 229 g/mol. The van der Waals surface area contributed by atoms with Crippen molar-refractivity contribution in [3.05, 3.63) is 35.3 Å². The predicted octanol–water partition coefficient (Wildman–Crippen LogP) is 3.18. The highest BCUT2D eigenvalue weighted by atomic mass is 32.1. The Morgan fingerprint density at radius 2 is 2.12 bits per heavy atom. The van der Waals surface area contributed by atoms with Gasteiger partial charge in [0.2, 0.25) is 0 Å². The highest BCUT2D eigenvalue weighted by molar-refractivity contribution is 7.13. The summed E-state index contributed by atoms with van der Waals surface area (Å²) in [5, 5.41) is 4.05. The Bertz CT molecular complexity index is 651. The quantitative estimate of drug-likeness (QED) is 0.673. The van der Waals surface area contributed by atoms with E-state index in [0.29, 0.717) is 5.82 Å². The van der Waals surface area contributed by atoms with Crippen molar-refractivity contribution in [3.63, 3.8) is 0 Å². The number of hydrogen-bond donors (Lipinski definition) is 2. The van der Waals surface area contributed by atoms with Gasteiger partial charge in [0.05, 0.1) is 0 Å². The maximum Gasteiger partial charge on any atom is 0.135 e. The summed E-state index contributed by atoms with van der Waals surface area (Å²) in [4.78, 5) is 7.70. The summed E-state index contributed by atoms with van der Waals surface area (Å²) < 4.78 is 0. The van der Waals surface area contributed by atoms with Crippen molar-refractivity contribution in [2.24, 2.45) is 0 Å². The number of aryl methyl sites for hydroxylation is 1. The second kappa shape index (κ2) is 3.35. The molecule has 0 aliphatic heterocycles. The van der Waals surface area contributed by atoms with E-state index in [9.17, 15) is 0 Å². The molecule has 0 aliphatic carbocycles. The van der Waals surface area contributed by atoms with E-state index in [1.54, 1.807) is 11.3 Å². The molecule has 2 aromatic heterocycles. The van der Waals surface area contributed by atoms with Gasteiger partial charge >= 0.3 is 0 Å². The fourth-order valence-electron chi connectivity index (χ4n) is 1.95. The molecule has 0 spiro atoms. The molecule has 0 fully saturated rings. The Kier molecular flexibility index (Phi) is 1.97. The van der Waals surface area contributed by atoms with Gasteiger partial charge in [0.25, 0.3) is 0 Å². The molecule has 0 saturated carbocycles. The van der Waals surface area contributed by atoms with E-state index in [1.807, 2.05) is 17.5 Å². The number of fused-ring (bicyclic) bond motifs is 1. The minimum absolute atomic E-state index is 0.588. The minimum Gasteiger partial charge on any atom is -0.383 e. The Hall–Kier alpha value is -1.81. The molecule has 0 bridgehead atoms. The van der Waals surface area contributed by atoms with Crippen LogP contribution in [0.3, 0.4) is 0 Å². The lowest BCUT2D eigenvalue weighted by Crippen LogP contribution is -1.84. The summed E-state index contributed by atoms with van der Waals surface area (Å²) in [5.41, 5.74) is 9.11. The number of nitrogens with zero attached hydrogens (tertiary/aromatic N) is 1. The van der Waals surface area contributed by atoms with E-state index >= 15 is 0 Å². The fourth-order valence-corrected chi connectivity index (χ4v) is 2.78. The number of nitrogens with one attached hydrogen (secondary N) is 1. The van der Waals surface area contributed by atoms with Crippen LogP contribution in [0.4, 0.5) is 5.82 Å². The van der Waals surface area contributed by atoms with Gasteiger partial charge in [-0.05, 0) is 13.0 Å². The topological polar surface area (TPSA) is 54.7 Å². The Morgan fingerprint density at radius 1 is 1.31 bits per heavy atom. The van der Waals surface area contributed by atoms with Crippen molar-refractivity contribution in [2.75, 3.05) is 5.73 Å². The van der Waals surface area contributed by atoms with Crippen LogP contribution in [0, 0.1) is 6.92 Å². The van der Waals surface area contributed by atoms with Gasteiger partial charge in [-0.1, -0.05) is 18.2 Å². The Labute approximate surface area is 96.9 Å². The minimum atomic E-state index is 0.588. The van der Waals surface area contributed by atoms with Gasteiger partial charge in [-0.25, -0.2) is 4.98 Å².